The lowest BCUT2D eigenvalue weighted by Gasteiger charge is -2.33. The molecule has 1 saturated heterocycles. The van der Waals surface area contributed by atoms with E-state index in [1.807, 2.05) is 4.90 Å². The van der Waals surface area contributed by atoms with E-state index in [9.17, 15) is 19.3 Å². The highest BCUT2D eigenvalue weighted by Crippen LogP contribution is 2.28. The Hall–Kier alpha value is -3.23. The number of ether oxygens (including phenoxy) is 1. The largest absolute Gasteiger partial charge is 0.490 e. The van der Waals surface area contributed by atoms with Gasteiger partial charge in [-0.2, -0.15) is 0 Å². The number of halogens is 1. The first-order valence-electron chi connectivity index (χ1n) is 8.05. The maximum atomic E-state index is 14.1. The molecule has 26 heavy (non-hydrogen) atoms. The van der Waals surface area contributed by atoms with E-state index in [-0.39, 0.29) is 17.5 Å². The number of anilines is 1. The van der Waals surface area contributed by atoms with Crippen LogP contribution in [0.5, 0.6) is 5.75 Å². The van der Waals surface area contributed by atoms with Crippen LogP contribution in [0.1, 0.15) is 23.3 Å². The summed E-state index contributed by atoms with van der Waals surface area (Å²) in [6.07, 6.45) is 2.65. The Kier molecular flexibility index (Phi) is 4.97. The number of benzene rings is 1. The summed E-state index contributed by atoms with van der Waals surface area (Å²) >= 11 is 0. The number of carbonyl (C=O) groups excluding carboxylic acids is 1. The summed E-state index contributed by atoms with van der Waals surface area (Å²) in [5, 5.41) is 10.7. The van der Waals surface area contributed by atoms with Crippen LogP contribution in [0.4, 0.5) is 15.8 Å². The van der Waals surface area contributed by atoms with Crippen molar-refractivity contribution in [3.63, 3.8) is 0 Å². The highest BCUT2D eigenvalue weighted by atomic mass is 19.1. The van der Waals surface area contributed by atoms with Gasteiger partial charge in [0.1, 0.15) is 17.5 Å². The number of hydrogen-bond donors (Lipinski definition) is 1. The number of primary amides is 1. The minimum atomic E-state index is -0.626. The molecule has 1 fully saturated rings. The molecular formula is C17H17FN4O4. The van der Waals surface area contributed by atoms with Crippen molar-refractivity contribution < 1.29 is 18.8 Å². The van der Waals surface area contributed by atoms with Crippen LogP contribution in [-0.4, -0.2) is 35.0 Å². The SMILES string of the molecule is NC(=O)c1cc(OC2CCN(c3ccc([N+](=O)[O-])cc3F)CC2)ccn1. The Labute approximate surface area is 148 Å². The standard InChI is InChI=1S/C17H17FN4O4/c18-14-9-11(22(24)25)1-2-16(14)21-7-4-12(5-8-21)26-13-3-6-20-15(10-13)17(19)23/h1-3,6,9-10,12H,4-5,7-8H2,(H2,19,23). The maximum absolute atomic E-state index is 14.1. The number of pyridine rings is 1. The fourth-order valence-corrected chi connectivity index (χ4v) is 2.89. The molecule has 0 bridgehead atoms. The number of carbonyl (C=O) groups is 1. The van der Waals surface area contributed by atoms with Crippen LogP contribution in [-0.2, 0) is 0 Å². The molecule has 0 atom stereocenters. The van der Waals surface area contributed by atoms with Crippen molar-refractivity contribution in [3.05, 3.63) is 58.2 Å². The second-order valence-electron chi connectivity index (χ2n) is 5.94. The number of nitro benzene ring substituents is 1. The molecule has 2 N–H and O–H groups in total. The molecule has 0 unspecified atom stereocenters. The van der Waals surface area contributed by atoms with Crippen LogP contribution in [0, 0.1) is 15.9 Å². The molecule has 1 aliphatic heterocycles. The average Bonchev–Trinajstić information content (AvgIpc) is 2.62. The van der Waals surface area contributed by atoms with Crippen LogP contribution in [0.2, 0.25) is 0 Å². The fraction of sp³-hybridized carbons (Fsp3) is 0.294. The molecule has 0 saturated carbocycles. The van der Waals surface area contributed by atoms with Gasteiger partial charge in [0.25, 0.3) is 11.6 Å². The number of amides is 1. The molecular weight excluding hydrogens is 343 g/mol. The third-order valence-electron chi connectivity index (χ3n) is 4.21. The highest BCUT2D eigenvalue weighted by Gasteiger charge is 2.24. The van der Waals surface area contributed by atoms with Gasteiger partial charge >= 0.3 is 0 Å². The third kappa shape index (κ3) is 3.88. The number of nitrogens with two attached hydrogens (primary N) is 1. The molecule has 2 aromatic rings. The van der Waals surface area contributed by atoms with Gasteiger partial charge in [-0.05, 0) is 12.1 Å². The van der Waals surface area contributed by atoms with E-state index >= 15 is 0 Å². The third-order valence-corrected chi connectivity index (χ3v) is 4.21. The van der Waals surface area contributed by atoms with Crippen LogP contribution in [0.25, 0.3) is 0 Å². The molecule has 136 valence electrons. The molecule has 1 aromatic carbocycles. The number of nitrogens with zero attached hydrogens (tertiary/aromatic N) is 3. The van der Waals surface area contributed by atoms with Gasteiger partial charge in [0.05, 0.1) is 16.7 Å². The Morgan fingerprint density at radius 2 is 2.04 bits per heavy atom. The van der Waals surface area contributed by atoms with Gasteiger partial charge in [-0.1, -0.05) is 0 Å². The average molecular weight is 360 g/mol. The second-order valence-corrected chi connectivity index (χ2v) is 5.94. The molecule has 8 nitrogen and oxygen atoms in total. The first-order valence-corrected chi connectivity index (χ1v) is 8.05. The maximum Gasteiger partial charge on any atom is 0.272 e. The summed E-state index contributed by atoms with van der Waals surface area (Å²) in [6.45, 7) is 1.10. The van der Waals surface area contributed by atoms with Crippen molar-refractivity contribution >= 4 is 17.3 Å². The Balaban J connectivity index is 1.62. The highest BCUT2D eigenvalue weighted by molar-refractivity contribution is 5.91. The van der Waals surface area contributed by atoms with Crippen molar-refractivity contribution in [1.29, 1.82) is 0 Å². The molecule has 1 amide bonds. The monoisotopic (exact) mass is 360 g/mol. The molecule has 2 heterocycles. The zero-order valence-corrected chi connectivity index (χ0v) is 13.8. The molecule has 0 aliphatic carbocycles. The lowest BCUT2D eigenvalue weighted by molar-refractivity contribution is -0.385. The van der Waals surface area contributed by atoms with Gasteiger partial charge < -0.3 is 15.4 Å². The van der Waals surface area contributed by atoms with E-state index in [4.69, 9.17) is 10.5 Å². The second kappa shape index (κ2) is 7.34. The van der Waals surface area contributed by atoms with Gasteiger partial charge in [-0.25, -0.2) is 4.39 Å². The zero-order chi connectivity index (χ0) is 18.7. The number of hydrogen-bond acceptors (Lipinski definition) is 6. The Bertz CT molecular complexity index is 837. The topological polar surface area (TPSA) is 112 Å². The molecule has 9 heteroatoms. The summed E-state index contributed by atoms with van der Waals surface area (Å²) < 4.78 is 20.0. The van der Waals surface area contributed by atoms with Crippen LogP contribution in [0.3, 0.4) is 0 Å². The number of aromatic nitrogens is 1. The van der Waals surface area contributed by atoms with E-state index in [0.717, 1.165) is 6.07 Å². The van der Waals surface area contributed by atoms with E-state index < -0.39 is 16.6 Å². The summed E-state index contributed by atoms with van der Waals surface area (Å²) in [7, 11) is 0. The minimum Gasteiger partial charge on any atom is -0.490 e. The number of nitro groups is 1. The van der Waals surface area contributed by atoms with Gasteiger partial charge in [0, 0.05) is 44.3 Å². The summed E-state index contributed by atoms with van der Waals surface area (Å²) in [6, 6.07) is 6.79. The number of non-ortho nitro benzene ring substituents is 1. The normalized spacial score (nSPS) is 14.9. The first-order chi connectivity index (χ1) is 12.4. The number of piperidine rings is 1. The molecule has 0 spiro atoms. The lowest BCUT2D eigenvalue weighted by atomic mass is 10.1. The fourth-order valence-electron chi connectivity index (χ4n) is 2.89. The molecule has 1 aromatic heterocycles. The van der Waals surface area contributed by atoms with Crippen molar-refractivity contribution in [2.24, 2.45) is 5.73 Å². The molecule has 3 rings (SSSR count). The Morgan fingerprint density at radius 3 is 2.65 bits per heavy atom. The quantitative estimate of drug-likeness (QED) is 0.647. The van der Waals surface area contributed by atoms with Crippen molar-refractivity contribution in [2.75, 3.05) is 18.0 Å². The zero-order valence-electron chi connectivity index (χ0n) is 13.8. The van der Waals surface area contributed by atoms with Gasteiger partial charge in [-0.15, -0.1) is 0 Å². The van der Waals surface area contributed by atoms with Crippen LogP contribution in [0.15, 0.2) is 36.5 Å². The number of rotatable bonds is 5. The summed E-state index contributed by atoms with van der Waals surface area (Å²) in [5.41, 5.74) is 5.40. The summed E-state index contributed by atoms with van der Waals surface area (Å²) in [5.74, 6) is -0.730. The van der Waals surface area contributed by atoms with E-state index in [1.165, 1.54) is 24.4 Å². The minimum absolute atomic E-state index is 0.0875. The van der Waals surface area contributed by atoms with Crippen molar-refractivity contribution in [2.45, 2.75) is 18.9 Å². The lowest BCUT2D eigenvalue weighted by Crippen LogP contribution is -2.38. The smallest absolute Gasteiger partial charge is 0.272 e. The summed E-state index contributed by atoms with van der Waals surface area (Å²) in [4.78, 5) is 26.9. The van der Waals surface area contributed by atoms with Crippen molar-refractivity contribution in [1.82, 2.24) is 4.98 Å². The molecule has 0 radical (unpaired) electrons. The first kappa shape index (κ1) is 17.6. The van der Waals surface area contributed by atoms with Crippen LogP contribution >= 0.6 is 0 Å². The van der Waals surface area contributed by atoms with Gasteiger partial charge in [0.15, 0.2) is 5.82 Å². The van der Waals surface area contributed by atoms with E-state index in [1.54, 1.807) is 6.07 Å². The van der Waals surface area contributed by atoms with Gasteiger partial charge in [-0.3, -0.25) is 19.9 Å². The predicted molar refractivity (Wildman–Crippen MR) is 91.7 cm³/mol. The predicted octanol–water partition coefficient (Wildman–Crippen LogP) is 2.28. The van der Waals surface area contributed by atoms with E-state index in [0.29, 0.717) is 37.4 Å². The Morgan fingerprint density at radius 1 is 1.31 bits per heavy atom. The van der Waals surface area contributed by atoms with E-state index in [2.05, 4.69) is 4.98 Å². The van der Waals surface area contributed by atoms with Crippen LogP contribution < -0.4 is 15.4 Å². The van der Waals surface area contributed by atoms with Crippen molar-refractivity contribution in [3.8, 4) is 5.75 Å². The molecule has 1 aliphatic rings. The van der Waals surface area contributed by atoms with Gasteiger partial charge in [0.2, 0.25) is 0 Å².